The van der Waals surface area contributed by atoms with Crippen molar-refractivity contribution in [2.45, 2.75) is 316 Å². The number of allylic oxidation sites excluding steroid dienone is 6. The lowest BCUT2D eigenvalue weighted by Gasteiger charge is -2.18. The van der Waals surface area contributed by atoms with Crippen LogP contribution >= 0.6 is 0 Å². The summed E-state index contributed by atoms with van der Waals surface area (Å²) >= 11 is 0. The van der Waals surface area contributed by atoms with E-state index in [4.69, 9.17) is 14.2 Å². The minimum atomic E-state index is -0.769. The SMILES string of the molecule is CCCCCCC/C=C\C/C=C\CCCCCCCCCCCCCCCC(=O)OCC(COC(=O)CCCCCCC)OC(=O)CCCCCCCCC/C=C\CCCCCCCCC. The molecule has 0 rings (SSSR count). The van der Waals surface area contributed by atoms with E-state index in [-0.39, 0.29) is 31.1 Å². The van der Waals surface area contributed by atoms with Crippen molar-refractivity contribution >= 4 is 17.9 Å². The van der Waals surface area contributed by atoms with Gasteiger partial charge in [0.05, 0.1) is 0 Å². The third kappa shape index (κ3) is 52.6. The molecule has 0 radical (unpaired) electrons. The van der Waals surface area contributed by atoms with Crippen molar-refractivity contribution < 1.29 is 28.6 Å². The standard InChI is InChI=1S/C60H110O6/c1-4-7-10-13-15-17-19-21-23-25-27-28-29-30-31-32-33-35-36-38-40-42-44-47-50-53-59(62)65-56-57(55-64-58(61)52-49-46-12-9-6-3)66-60(63)54-51-48-45-43-41-39-37-34-26-24-22-20-18-16-14-11-8-5-2/h19,21,24-27,57H,4-18,20,22-23,28-56H2,1-3H3/b21-19-,26-24-,27-25-. The first-order chi connectivity index (χ1) is 32.5. The molecule has 0 aliphatic carbocycles. The van der Waals surface area contributed by atoms with Gasteiger partial charge in [-0.05, 0) is 77.0 Å². The number of unbranched alkanes of at least 4 members (excludes halogenated alkanes) is 36. The van der Waals surface area contributed by atoms with Crippen molar-refractivity contribution in [1.82, 2.24) is 0 Å². The van der Waals surface area contributed by atoms with Crippen LogP contribution in [0.4, 0.5) is 0 Å². The van der Waals surface area contributed by atoms with E-state index in [2.05, 4.69) is 57.2 Å². The third-order valence-electron chi connectivity index (χ3n) is 12.9. The van der Waals surface area contributed by atoms with Gasteiger partial charge in [0, 0.05) is 19.3 Å². The summed E-state index contributed by atoms with van der Waals surface area (Å²) in [6.07, 6.45) is 66.1. The highest BCUT2D eigenvalue weighted by Crippen LogP contribution is 2.16. The zero-order valence-corrected chi connectivity index (χ0v) is 44.2. The summed E-state index contributed by atoms with van der Waals surface area (Å²) < 4.78 is 16.7. The maximum absolute atomic E-state index is 12.8. The Morgan fingerprint density at radius 3 is 0.848 bits per heavy atom. The fourth-order valence-corrected chi connectivity index (χ4v) is 8.47. The zero-order valence-electron chi connectivity index (χ0n) is 44.2. The van der Waals surface area contributed by atoms with Crippen molar-refractivity contribution in [3.63, 3.8) is 0 Å². The second kappa shape index (κ2) is 55.2. The number of hydrogen-bond acceptors (Lipinski definition) is 6. The molecule has 6 heteroatoms. The van der Waals surface area contributed by atoms with Crippen LogP contribution in [-0.2, 0) is 28.6 Å². The Hall–Kier alpha value is -2.37. The number of rotatable bonds is 53. The van der Waals surface area contributed by atoms with Gasteiger partial charge in [-0.25, -0.2) is 0 Å². The minimum Gasteiger partial charge on any atom is -0.462 e. The predicted molar refractivity (Wildman–Crippen MR) is 284 cm³/mol. The molecule has 0 fully saturated rings. The van der Waals surface area contributed by atoms with E-state index in [0.29, 0.717) is 19.3 Å². The van der Waals surface area contributed by atoms with Crippen LogP contribution in [0.5, 0.6) is 0 Å². The fraction of sp³-hybridized carbons (Fsp3) is 0.850. The van der Waals surface area contributed by atoms with Crippen molar-refractivity contribution in [1.29, 1.82) is 0 Å². The van der Waals surface area contributed by atoms with Crippen LogP contribution in [0.1, 0.15) is 310 Å². The first-order valence-electron chi connectivity index (χ1n) is 29.0. The molecule has 1 unspecified atom stereocenters. The lowest BCUT2D eigenvalue weighted by atomic mass is 10.0. The Morgan fingerprint density at radius 2 is 0.545 bits per heavy atom. The molecule has 386 valence electrons. The smallest absolute Gasteiger partial charge is 0.306 e. The zero-order chi connectivity index (χ0) is 47.9. The van der Waals surface area contributed by atoms with E-state index in [0.717, 1.165) is 70.6 Å². The minimum absolute atomic E-state index is 0.0720. The van der Waals surface area contributed by atoms with Crippen molar-refractivity contribution in [3.8, 4) is 0 Å². The van der Waals surface area contributed by atoms with Gasteiger partial charge in [0.15, 0.2) is 6.10 Å². The van der Waals surface area contributed by atoms with Crippen molar-refractivity contribution in [2.24, 2.45) is 0 Å². The molecule has 0 aromatic carbocycles. The molecule has 0 aliphatic heterocycles. The molecular weight excluding hydrogens is 817 g/mol. The summed E-state index contributed by atoms with van der Waals surface area (Å²) in [7, 11) is 0. The van der Waals surface area contributed by atoms with E-state index in [9.17, 15) is 14.4 Å². The quantitative estimate of drug-likeness (QED) is 0.0262. The molecule has 0 amide bonds. The number of esters is 3. The number of carbonyl (C=O) groups is 3. The molecule has 0 bridgehead atoms. The van der Waals surface area contributed by atoms with Crippen LogP contribution in [0.25, 0.3) is 0 Å². The van der Waals surface area contributed by atoms with Gasteiger partial charge >= 0.3 is 17.9 Å². The van der Waals surface area contributed by atoms with Gasteiger partial charge in [-0.3, -0.25) is 14.4 Å². The van der Waals surface area contributed by atoms with Crippen LogP contribution in [0, 0.1) is 0 Å². The molecule has 0 heterocycles. The summed E-state index contributed by atoms with van der Waals surface area (Å²) in [5, 5.41) is 0. The molecule has 0 aromatic heterocycles. The lowest BCUT2D eigenvalue weighted by Crippen LogP contribution is -2.30. The van der Waals surface area contributed by atoms with E-state index in [1.165, 1.54) is 199 Å². The number of carbonyl (C=O) groups excluding carboxylic acids is 3. The van der Waals surface area contributed by atoms with Gasteiger partial charge in [0.1, 0.15) is 13.2 Å². The van der Waals surface area contributed by atoms with Crippen molar-refractivity contribution in [2.75, 3.05) is 13.2 Å². The molecular formula is C60H110O6. The van der Waals surface area contributed by atoms with Gasteiger partial charge in [-0.2, -0.15) is 0 Å². The van der Waals surface area contributed by atoms with Gasteiger partial charge in [0.25, 0.3) is 0 Å². The van der Waals surface area contributed by atoms with E-state index in [1.54, 1.807) is 0 Å². The van der Waals surface area contributed by atoms with Crippen LogP contribution in [0.2, 0.25) is 0 Å². The van der Waals surface area contributed by atoms with Crippen LogP contribution in [-0.4, -0.2) is 37.2 Å². The van der Waals surface area contributed by atoms with Gasteiger partial charge in [-0.15, -0.1) is 0 Å². The maximum atomic E-state index is 12.8. The first-order valence-corrected chi connectivity index (χ1v) is 29.0. The number of ether oxygens (including phenoxy) is 3. The Bertz CT molecular complexity index is 1110. The lowest BCUT2D eigenvalue weighted by molar-refractivity contribution is -0.167. The molecule has 6 nitrogen and oxygen atoms in total. The molecule has 0 N–H and O–H groups in total. The summed E-state index contributed by atoms with van der Waals surface area (Å²) in [5.41, 5.74) is 0. The van der Waals surface area contributed by atoms with Crippen LogP contribution in [0.15, 0.2) is 36.5 Å². The van der Waals surface area contributed by atoms with Crippen LogP contribution in [0.3, 0.4) is 0 Å². The summed E-state index contributed by atoms with van der Waals surface area (Å²) in [6.45, 7) is 6.57. The Balaban J connectivity index is 4.05. The fourth-order valence-electron chi connectivity index (χ4n) is 8.47. The van der Waals surface area contributed by atoms with Gasteiger partial charge in [-0.1, -0.05) is 250 Å². The molecule has 0 aliphatic rings. The van der Waals surface area contributed by atoms with E-state index >= 15 is 0 Å². The highest BCUT2D eigenvalue weighted by molar-refractivity contribution is 5.71. The highest BCUT2D eigenvalue weighted by Gasteiger charge is 2.19. The predicted octanol–water partition coefficient (Wildman–Crippen LogP) is 19.3. The molecule has 0 saturated carbocycles. The molecule has 66 heavy (non-hydrogen) atoms. The molecule has 0 saturated heterocycles. The largest absolute Gasteiger partial charge is 0.462 e. The highest BCUT2D eigenvalue weighted by atomic mass is 16.6. The van der Waals surface area contributed by atoms with E-state index in [1.807, 2.05) is 0 Å². The third-order valence-corrected chi connectivity index (χ3v) is 12.9. The normalized spacial score (nSPS) is 12.2. The Morgan fingerprint density at radius 1 is 0.303 bits per heavy atom. The molecule has 0 aromatic rings. The second-order valence-corrected chi connectivity index (χ2v) is 19.6. The van der Waals surface area contributed by atoms with Gasteiger partial charge in [0.2, 0.25) is 0 Å². The Labute approximate surface area is 410 Å². The topological polar surface area (TPSA) is 78.9 Å². The number of hydrogen-bond donors (Lipinski definition) is 0. The second-order valence-electron chi connectivity index (χ2n) is 19.6. The summed E-state index contributed by atoms with van der Waals surface area (Å²) in [5.74, 6) is -0.877. The monoisotopic (exact) mass is 927 g/mol. The first kappa shape index (κ1) is 63.6. The van der Waals surface area contributed by atoms with Gasteiger partial charge < -0.3 is 14.2 Å². The van der Waals surface area contributed by atoms with Crippen LogP contribution < -0.4 is 0 Å². The van der Waals surface area contributed by atoms with Crippen molar-refractivity contribution in [3.05, 3.63) is 36.5 Å². The van der Waals surface area contributed by atoms with E-state index < -0.39 is 6.10 Å². The average molecular weight is 928 g/mol. The molecule has 1 atom stereocenters. The Kier molecular flexibility index (Phi) is 53.2. The molecule has 0 spiro atoms. The average Bonchev–Trinajstić information content (AvgIpc) is 3.31. The maximum Gasteiger partial charge on any atom is 0.306 e. The summed E-state index contributed by atoms with van der Waals surface area (Å²) in [4.78, 5) is 37.8. The summed E-state index contributed by atoms with van der Waals surface area (Å²) in [6, 6.07) is 0.